The van der Waals surface area contributed by atoms with Crippen molar-refractivity contribution in [3.8, 4) is 0 Å². The molecule has 1 rings (SSSR count). The molecular weight excluding hydrogens is 204 g/mol. The Hall–Kier alpha value is -1.64. The lowest BCUT2D eigenvalue weighted by molar-refractivity contribution is 0.0486. The number of carbonyl (C=O) groups is 2. The third-order valence-corrected chi connectivity index (χ3v) is 2.24. The fourth-order valence-electron chi connectivity index (χ4n) is 1.25. The van der Waals surface area contributed by atoms with E-state index in [4.69, 9.17) is 4.74 Å². The average molecular weight is 220 g/mol. The van der Waals surface area contributed by atoms with Crippen LogP contribution in [0.3, 0.4) is 0 Å². The van der Waals surface area contributed by atoms with Gasteiger partial charge in [-0.15, -0.1) is 0 Å². The summed E-state index contributed by atoms with van der Waals surface area (Å²) in [6.45, 7) is 4.52. The third-order valence-electron chi connectivity index (χ3n) is 2.24. The molecule has 0 saturated heterocycles. The molecule has 0 saturated carbocycles. The van der Waals surface area contributed by atoms with Crippen LogP contribution in [0.15, 0.2) is 24.3 Å². The summed E-state index contributed by atoms with van der Waals surface area (Å²) in [4.78, 5) is 22.3. The smallest absolute Gasteiger partial charge is 0.338 e. The Morgan fingerprint density at radius 2 is 2.06 bits per heavy atom. The van der Waals surface area contributed by atoms with E-state index in [-0.39, 0.29) is 0 Å². The van der Waals surface area contributed by atoms with Crippen molar-refractivity contribution in [3.63, 3.8) is 0 Å². The molecule has 0 bridgehead atoms. The van der Waals surface area contributed by atoms with E-state index < -0.39 is 5.97 Å². The van der Waals surface area contributed by atoms with Gasteiger partial charge < -0.3 is 4.74 Å². The van der Waals surface area contributed by atoms with Crippen LogP contribution in [0.25, 0.3) is 0 Å². The zero-order valence-electron chi connectivity index (χ0n) is 9.60. The largest absolute Gasteiger partial charge is 0.462 e. The molecule has 0 unspecified atom stereocenters. The van der Waals surface area contributed by atoms with Gasteiger partial charge >= 0.3 is 5.97 Å². The molecule has 3 heteroatoms. The number of benzene rings is 1. The second-order valence-corrected chi connectivity index (χ2v) is 4.02. The highest BCUT2D eigenvalue weighted by Crippen LogP contribution is 2.09. The molecule has 3 nitrogen and oxygen atoms in total. The van der Waals surface area contributed by atoms with E-state index in [2.05, 4.69) is 13.8 Å². The maximum Gasteiger partial charge on any atom is 0.338 e. The van der Waals surface area contributed by atoms with Gasteiger partial charge in [-0.25, -0.2) is 4.79 Å². The Morgan fingerprint density at radius 3 is 2.69 bits per heavy atom. The molecule has 0 heterocycles. The van der Waals surface area contributed by atoms with Crippen molar-refractivity contribution >= 4 is 12.3 Å². The summed E-state index contributed by atoms with van der Waals surface area (Å²) < 4.78 is 5.08. The fourth-order valence-corrected chi connectivity index (χ4v) is 1.25. The van der Waals surface area contributed by atoms with Crippen molar-refractivity contribution in [2.45, 2.75) is 20.3 Å². The van der Waals surface area contributed by atoms with Crippen LogP contribution >= 0.6 is 0 Å². The molecule has 0 aliphatic rings. The molecule has 0 N–H and O–H groups in total. The van der Waals surface area contributed by atoms with Gasteiger partial charge in [0.05, 0.1) is 12.2 Å². The molecule has 1 aromatic rings. The quantitative estimate of drug-likeness (QED) is 0.566. The van der Waals surface area contributed by atoms with Crippen LogP contribution in [0.5, 0.6) is 0 Å². The van der Waals surface area contributed by atoms with E-state index in [1.165, 1.54) is 0 Å². The van der Waals surface area contributed by atoms with Gasteiger partial charge in [0, 0.05) is 5.56 Å². The number of rotatable bonds is 5. The van der Waals surface area contributed by atoms with E-state index in [9.17, 15) is 9.59 Å². The number of hydrogen-bond acceptors (Lipinski definition) is 3. The van der Waals surface area contributed by atoms with Gasteiger partial charge in [0.25, 0.3) is 0 Å². The van der Waals surface area contributed by atoms with Gasteiger partial charge in [-0.1, -0.05) is 32.0 Å². The minimum atomic E-state index is -0.427. The van der Waals surface area contributed by atoms with Crippen LogP contribution < -0.4 is 0 Å². The van der Waals surface area contributed by atoms with Crippen LogP contribution in [0.1, 0.15) is 41.0 Å². The highest BCUT2D eigenvalue weighted by atomic mass is 16.5. The van der Waals surface area contributed by atoms with E-state index >= 15 is 0 Å². The number of hydrogen-bond donors (Lipinski definition) is 0. The predicted molar refractivity (Wildman–Crippen MR) is 61.6 cm³/mol. The van der Waals surface area contributed by atoms with E-state index in [0.29, 0.717) is 29.9 Å². The summed E-state index contributed by atoms with van der Waals surface area (Å²) in [6, 6.07) is 6.63. The van der Waals surface area contributed by atoms with Gasteiger partial charge in [-0.3, -0.25) is 4.79 Å². The summed E-state index contributed by atoms with van der Waals surface area (Å²) in [5.41, 5.74) is 0.707. The van der Waals surface area contributed by atoms with Gasteiger partial charge in [0.2, 0.25) is 0 Å². The summed E-state index contributed by atoms with van der Waals surface area (Å²) >= 11 is 0. The van der Waals surface area contributed by atoms with Crippen molar-refractivity contribution in [1.29, 1.82) is 0 Å². The Morgan fingerprint density at radius 1 is 1.38 bits per heavy atom. The van der Waals surface area contributed by atoms with Gasteiger partial charge in [-0.05, 0) is 18.4 Å². The molecule has 1 aromatic carbocycles. The first-order valence-corrected chi connectivity index (χ1v) is 5.36. The third kappa shape index (κ3) is 3.50. The standard InChI is InChI=1S/C13H16O3/c1-10(2)7-8-16-13(15)12-6-4-3-5-11(12)9-14/h3-6,9-10H,7-8H2,1-2H3. The van der Waals surface area contributed by atoms with E-state index in [1.54, 1.807) is 24.3 Å². The zero-order valence-corrected chi connectivity index (χ0v) is 9.60. The topological polar surface area (TPSA) is 43.4 Å². The number of aldehydes is 1. The van der Waals surface area contributed by atoms with Crippen molar-refractivity contribution in [3.05, 3.63) is 35.4 Å². The summed E-state index contributed by atoms with van der Waals surface area (Å²) in [6.07, 6.45) is 1.49. The number of carbonyl (C=O) groups excluding carboxylic acids is 2. The lowest BCUT2D eigenvalue weighted by atomic mass is 10.1. The molecular formula is C13H16O3. The molecule has 0 spiro atoms. The van der Waals surface area contributed by atoms with Gasteiger partial charge in [0.15, 0.2) is 6.29 Å². The second kappa shape index (κ2) is 6.05. The fraction of sp³-hybridized carbons (Fsp3) is 0.385. The summed E-state index contributed by atoms with van der Waals surface area (Å²) in [5.74, 6) is 0.0671. The first-order chi connectivity index (χ1) is 7.65. The molecule has 86 valence electrons. The molecule has 0 aromatic heterocycles. The first kappa shape index (κ1) is 12.4. The maximum atomic E-state index is 11.6. The van der Waals surface area contributed by atoms with Crippen LogP contribution in [-0.2, 0) is 4.74 Å². The van der Waals surface area contributed by atoms with Gasteiger partial charge in [0.1, 0.15) is 0 Å². The Bertz CT molecular complexity index is 369. The average Bonchev–Trinajstić information content (AvgIpc) is 2.28. The summed E-state index contributed by atoms with van der Waals surface area (Å²) in [7, 11) is 0. The minimum Gasteiger partial charge on any atom is -0.462 e. The van der Waals surface area contributed by atoms with Crippen molar-refractivity contribution in [2.75, 3.05) is 6.61 Å². The molecule has 0 radical (unpaired) electrons. The van der Waals surface area contributed by atoms with Gasteiger partial charge in [-0.2, -0.15) is 0 Å². The lowest BCUT2D eigenvalue weighted by Gasteiger charge is -2.07. The minimum absolute atomic E-state index is 0.334. The van der Waals surface area contributed by atoms with Crippen LogP contribution in [-0.4, -0.2) is 18.9 Å². The van der Waals surface area contributed by atoms with Crippen molar-refractivity contribution < 1.29 is 14.3 Å². The van der Waals surface area contributed by atoms with Crippen molar-refractivity contribution in [1.82, 2.24) is 0 Å². The van der Waals surface area contributed by atoms with Crippen molar-refractivity contribution in [2.24, 2.45) is 5.92 Å². The van der Waals surface area contributed by atoms with E-state index in [0.717, 1.165) is 6.42 Å². The Kier molecular flexibility index (Phi) is 4.70. The first-order valence-electron chi connectivity index (χ1n) is 5.36. The maximum absolute atomic E-state index is 11.6. The SMILES string of the molecule is CC(C)CCOC(=O)c1ccccc1C=O. The molecule has 16 heavy (non-hydrogen) atoms. The molecule has 0 atom stereocenters. The Labute approximate surface area is 95.4 Å². The number of ether oxygens (including phenoxy) is 1. The van der Waals surface area contributed by atoms with Crippen LogP contribution in [0.2, 0.25) is 0 Å². The van der Waals surface area contributed by atoms with Crippen LogP contribution in [0.4, 0.5) is 0 Å². The molecule has 0 fully saturated rings. The lowest BCUT2D eigenvalue weighted by Crippen LogP contribution is -2.10. The monoisotopic (exact) mass is 220 g/mol. The molecule has 0 amide bonds. The zero-order chi connectivity index (χ0) is 12.0. The highest BCUT2D eigenvalue weighted by molar-refractivity contribution is 5.98. The Balaban J connectivity index is 2.62. The highest BCUT2D eigenvalue weighted by Gasteiger charge is 2.11. The van der Waals surface area contributed by atoms with E-state index in [1.807, 2.05) is 0 Å². The molecule has 0 aliphatic carbocycles. The molecule has 0 aliphatic heterocycles. The summed E-state index contributed by atoms with van der Waals surface area (Å²) in [5, 5.41) is 0. The second-order valence-electron chi connectivity index (χ2n) is 4.02. The number of esters is 1. The predicted octanol–water partition coefficient (Wildman–Crippen LogP) is 2.70. The normalized spacial score (nSPS) is 10.2. The van der Waals surface area contributed by atoms with Crippen LogP contribution in [0, 0.1) is 5.92 Å².